The first-order chi connectivity index (χ1) is 27.7. The van der Waals surface area contributed by atoms with Gasteiger partial charge in [0.25, 0.3) is 0 Å². The van der Waals surface area contributed by atoms with Crippen molar-refractivity contribution in [1.82, 2.24) is 5.32 Å². The van der Waals surface area contributed by atoms with Gasteiger partial charge in [0.1, 0.15) is 36.6 Å². The van der Waals surface area contributed by atoms with Crippen LogP contribution in [0.15, 0.2) is 12.2 Å². The molecular weight excluding hydrogens is 727 g/mol. The fourth-order valence-corrected chi connectivity index (χ4v) is 7.61. The molecule has 0 aromatic rings. The number of aliphatic hydroxyl groups excluding tert-OH is 7. The van der Waals surface area contributed by atoms with Crippen LogP contribution in [0.1, 0.15) is 206 Å². The molecule has 1 fully saturated rings. The molecule has 11 nitrogen and oxygen atoms in total. The Labute approximate surface area is 347 Å². The number of nitrogens with one attached hydrogen (secondary N) is 1. The van der Waals surface area contributed by atoms with E-state index in [-0.39, 0.29) is 6.42 Å². The lowest BCUT2D eigenvalue weighted by molar-refractivity contribution is -0.303. The highest BCUT2D eigenvalue weighted by Crippen LogP contribution is 2.23. The summed E-state index contributed by atoms with van der Waals surface area (Å²) < 4.78 is 11.1. The van der Waals surface area contributed by atoms with Crippen LogP contribution in [0.2, 0.25) is 0 Å². The van der Waals surface area contributed by atoms with E-state index in [1.165, 1.54) is 128 Å². The molecule has 1 rings (SSSR count). The van der Waals surface area contributed by atoms with E-state index in [1.54, 1.807) is 0 Å². The molecule has 8 N–H and O–H groups in total. The van der Waals surface area contributed by atoms with Gasteiger partial charge in [0.15, 0.2) is 6.29 Å². The Balaban J connectivity index is 2.41. The Morgan fingerprint density at radius 3 is 1.47 bits per heavy atom. The average Bonchev–Trinajstić information content (AvgIpc) is 3.21. The highest BCUT2D eigenvalue weighted by Gasteiger charge is 2.44. The third-order valence-corrected chi connectivity index (χ3v) is 11.6. The van der Waals surface area contributed by atoms with Crippen molar-refractivity contribution in [2.45, 2.75) is 262 Å². The van der Waals surface area contributed by atoms with E-state index in [9.17, 15) is 40.5 Å². The fourth-order valence-electron chi connectivity index (χ4n) is 7.61. The summed E-state index contributed by atoms with van der Waals surface area (Å²) >= 11 is 0. The molecule has 0 aromatic carbocycles. The second-order valence-electron chi connectivity index (χ2n) is 16.8. The van der Waals surface area contributed by atoms with Crippen molar-refractivity contribution in [3.63, 3.8) is 0 Å². The summed E-state index contributed by atoms with van der Waals surface area (Å²) in [6, 6.07) is -1.16. The molecule has 338 valence electrons. The summed E-state index contributed by atoms with van der Waals surface area (Å²) in [5.41, 5.74) is 0. The van der Waals surface area contributed by atoms with E-state index in [4.69, 9.17) is 9.47 Å². The minimum Gasteiger partial charge on any atom is -0.394 e. The number of amides is 1. The van der Waals surface area contributed by atoms with E-state index >= 15 is 0 Å². The smallest absolute Gasteiger partial charge is 0.249 e. The van der Waals surface area contributed by atoms with Crippen molar-refractivity contribution in [2.24, 2.45) is 0 Å². The van der Waals surface area contributed by atoms with Crippen molar-refractivity contribution < 1.29 is 50.0 Å². The molecule has 1 aliphatic rings. The van der Waals surface area contributed by atoms with Crippen molar-refractivity contribution in [3.05, 3.63) is 12.2 Å². The number of carbonyl (C=O) groups excluding carboxylic acids is 1. The average molecular weight is 816 g/mol. The van der Waals surface area contributed by atoms with Crippen molar-refractivity contribution in [3.8, 4) is 0 Å². The molecule has 0 aliphatic carbocycles. The van der Waals surface area contributed by atoms with E-state index in [0.717, 1.165) is 38.5 Å². The molecule has 1 saturated heterocycles. The Morgan fingerprint density at radius 1 is 0.596 bits per heavy atom. The first kappa shape index (κ1) is 53.9. The summed E-state index contributed by atoms with van der Waals surface area (Å²) in [7, 11) is 0. The van der Waals surface area contributed by atoms with Crippen LogP contribution in [0.25, 0.3) is 0 Å². The van der Waals surface area contributed by atoms with Crippen LogP contribution in [-0.2, 0) is 14.3 Å². The minimum atomic E-state index is -1.66. The Hall–Kier alpha value is -1.15. The third-order valence-electron chi connectivity index (χ3n) is 11.6. The van der Waals surface area contributed by atoms with Gasteiger partial charge in [0.2, 0.25) is 5.91 Å². The lowest BCUT2D eigenvalue weighted by Gasteiger charge is -2.40. The monoisotopic (exact) mass is 816 g/mol. The second-order valence-corrected chi connectivity index (χ2v) is 16.8. The van der Waals surface area contributed by atoms with E-state index in [0.29, 0.717) is 19.3 Å². The maximum atomic E-state index is 13.1. The normalized spacial score (nSPS) is 22.2. The van der Waals surface area contributed by atoms with Gasteiger partial charge in [0.05, 0.1) is 25.4 Å². The summed E-state index contributed by atoms with van der Waals surface area (Å²) in [5.74, 6) is -0.699. The molecule has 0 bridgehead atoms. The van der Waals surface area contributed by atoms with Gasteiger partial charge in [-0.2, -0.15) is 0 Å². The number of hydrogen-bond acceptors (Lipinski definition) is 10. The molecule has 57 heavy (non-hydrogen) atoms. The zero-order chi connectivity index (χ0) is 41.9. The molecule has 0 saturated carbocycles. The molecule has 1 aliphatic heterocycles. The Kier molecular flexibility index (Phi) is 34.7. The number of rotatable bonds is 39. The van der Waals surface area contributed by atoms with Crippen LogP contribution >= 0.6 is 0 Å². The van der Waals surface area contributed by atoms with Gasteiger partial charge in [-0.3, -0.25) is 4.79 Å². The first-order valence-electron chi connectivity index (χ1n) is 23.6. The van der Waals surface area contributed by atoms with Gasteiger partial charge in [-0.05, 0) is 38.5 Å². The molecule has 0 spiro atoms. The Morgan fingerprint density at radius 2 is 1.02 bits per heavy atom. The Bertz CT molecular complexity index is 939. The van der Waals surface area contributed by atoms with Gasteiger partial charge in [-0.1, -0.05) is 180 Å². The molecule has 0 radical (unpaired) electrons. The molecule has 1 amide bonds. The third kappa shape index (κ3) is 26.6. The number of unbranched alkanes of at least 4 members (excludes halogenated alkanes) is 25. The predicted molar refractivity (Wildman–Crippen MR) is 229 cm³/mol. The van der Waals surface area contributed by atoms with Crippen LogP contribution < -0.4 is 5.32 Å². The van der Waals surface area contributed by atoms with Gasteiger partial charge in [-0.25, -0.2) is 0 Å². The topological polar surface area (TPSA) is 189 Å². The van der Waals surface area contributed by atoms with Crippen LogP contribution in [0.4, 0.5) is 0 Å². The molecule has 0 aromatic heterocycles. The van der Waals surface area contributed by atoms with Crippen molar-refractivity contribution in [2.75, 3.05) is 13.2 Å². The maximum absolute atomic E-state index is 13.1. The highest BCUT2D eigenvalue weighted by molar-refractivity contribution is 5.80. The summed E-state index contributed by atoms with van der Waals surface area (Å²) in [5, 5.41) is 75.6. The number of carbonyl (C=O) groups is 1. The zero-order valence-corrected chi connectivity index (χ0v) is 36.3. The van der Waals surface area contributed by atoms with Crippen LogP contribution in [0.5, 0.6) is 0 Å². The standard InChI is InChI=1S/C46H89NO10/c1-3-5-7-9-11-13-15-16-17-18-19-20-21-22-24-26-28-30-32-34-39(50)45(55)47-37(36-56-46-44(54)43(53)42(52)40(35-48)57-46)41(51)38(49)33-31-29-27-25-23-14-12-10-8-6-4-2/h16-17,37-44,46,48-54H,3-15,18-36H2,1-2H3,(H,47,55). The second kappa shape index (κ2) is 36.7. The lowest BCUT2D eigenvalue weighted by Crippen LogP contribution is -2.60. The number of hydrogen-bond donors (Lipinski definition) is 8. The number of allylic oxidation sites excluding steroid dienone is 2. The zero-order valence-electron chi connectivity index (χ0n) is 36.3. The van der Waals surface area contributed by atoms with Crippen molar-refractivity contribution in [1.29, 1.82) is 0 Å². The SMILES string of the molecule is CCCCCCCCC=CCCCCCCCCCCCC(O)C(=O)NC(COC1OC(CO)C(O)C(O)C1O)C(O)C(O)CCCCCCCCCCCCC. The lowest BCUT2D eigenvalue weighted by atomic mass is 9.98. The van der Waals surface area contributed by atoms with Crippen LogP contribution in [0.3, 0.4) is 0 Å². The quantitative estimate of drug-likeness (QED) is 0.0226. The number of ether oxygens (including phenoxy) is 2. The number of aliphatic hydroxyl groups is 7. The minimum absolute atomic E-state index is 0.260. The van der Waals surface area contributed by atoms with E-state index in [2.05, 4.69) is 31.3 Å². The van der Waals surface area contributed by atoms with E-state index < -0.39 is 74.2 Å². The molecule has 9 unspecified atom stereocenters. The summed E-state index contributed by atoms with van der Waals surface area (Å²) in [6.07, 6.45) is 26.9. The highest BCUT2D eigenvalue weighted by atomic mass is 16.7. The molecule has 9 atom stereocenters. The maximum Gasteiger partial charge on any atom is 0.249 e. The van der Waals surface area contributed by atoms with Gasteiger partial charge >= 0.3 is 0 Å². The van der Waals surface area contributed by atoms with Gasteiger partial charge < -0.3 is 50.5 Å². The summed E-state index contributed by atoms with van der Waals surface area (Å²) in [4.78, 5) is 13.1. The molecular formula is C46H89NO10. The van der Waals surface area contributed by atoms with E-state index in [1.807, 2.05) is 0 Å². The van der Waals surface area contributed by atoms with Gasteiger partial charge in [0, 0.05) is 0 Å². The fraction of sp³-hybridized carbons (Fsp3) is 0.935. The first-order valence-corrected chi connectivity index (χ1v) is 23.6. The summed E-state index contributed by atoms with van der Waals surface area (Å²) in [6.45, 7) is 3.42. The van der Waals surface area contributed by atoms with Crippen LogP contribution in [-0.4, -0.2) is 110 Å². The predicted octanol–water partition coefficient (Wildman–Crippen LogP) is 7.67. The molecule has 1 heterocycles. The van der Waals surface area contributed by atoms with Crippen molar-refractivity contribution >= 4 is 5.91 Å². The molecule has 11 heteroatoms. The largest absolute Gasteiger partial charge is 0.394 e. The van der Waals surface area contributed by atoms with Crippen LogP contribution in [0, 0.1) is 0 Å². The van der Waals surface area contributed by atoms with Gasteiger partial charge in [-0.15, -0.1) is 0 Å².